The molecule has 1 heterocycles. The Hall–Kier alpha value is -1.92. The van der Waals surface area contributed by atoms with Gasteiger partial charge in [-0.25, -0.2) is 4.98 Å². The molecule has 1 aromatic heterocycles. The zero-order chi connectivity index (χ0) is 13.0. The minimum absolute atomic E-state index is 0.0315. The van der Waals surface area contributed by atoms with Crippen molar-refractivity contribution in [2.75, 3.05) is 30.4 Å². The summed E-state index contributed by atoms with van der Waals surface area (Å²) < 4.78 is 0. The van der Waals surface area contributed by atoms with Gasteiger partial charge in [-0.1, -0.05) is 0 Å². The molecule has 0 aromatic carbocycles. The first-order valence-electron chi connectivity index (χ1n) is 5.49. The number of aromatic nitrogens is 2. The summed E-state index contributed by atoms with van der Waals surface area (Å²) in [6.45, 7) is 6.76. The third-order valence-corrected chi connectivity index (χ3v) is 2.39. The van der Waals surface area contributed by atoms with Crippen molar-refractivity contribution in [2.24, 2.45) is 0 Å². The van der Waals surface area contributed by atoms with E-state index in [0.29, 0.717) is 30.5 Å². The summed E-state index contributed by atoms with van der Waals surface area (Å²) in [5, 5.41) is 14.0. The van der Waals surface area contributed by atoms with Crippen LogP contribution < -0.4 is 10.2 Å². The number of hydrogen-bond acceptors (Lipinski definition) is 6. The molecule has 0 atom stereocenters. The van der Waals surface area contributed by atoms with Gasteiger partial charge in [-0.15, -0.1) is 0 Å². The maximum Gasteiger partial charge on any atom is 0.332 e. The fourth-order valence-corrected chi connectivity index (χ4v) is 1.42. The predicted octanol–water partition coefficient (Wildman–Crippen LogP) is 1.58. The van der Waals surface area contributed by atoms with E-state index in [0.717, 1.165) is 0 Å². The molecular formula is C10H17N5O2. The third kappa shape index (κ3) is 2.80. The molecule has 1 N–H and O–H groups in total. The molecule has 0 aliphatic carbocycles. The maximum atomic E-state index is 11.0. The molecule has 0 amide bonds. The third-order valence-electron chi connectivity index (χ3n) is 2.39. The predicted molar refractivity (Wildman–Crippen MR) is 66.5 cm³/mol. The van der Waals surface area contributed by atoms with Crippen LogP contribution in [0.4, 0.5) is 17.5 Å². The topological polar surface area (TPSA) is 84.2 Å². The van der Waals surface area contributed by atoms with Gasteiger partial charge in [0.25, 0.3) is 0 Å². The summed E-state index contributed by atoms with van der Waals surface area (Å²) in [6, 6.07) is 0. The SMILES string of the molecule is CCNc1nc(C)c([N+](=O)[O-])c(N(C)CC)n1. The van der Waals surface area contributed by atoms with Crippen LogP contribution >= 0.6 is 0 Å². The van der Waals surface area contributed by atoms with E-state index in [1.807, 2.05) is 13.8 Å². The molecule has 0 saturated carbocycles. The molecule has 0 fully saturated rings. The van der Waals surface area contributed by atoms with Crippen LogP contribution in [0.5, 0.6) is 0 Å². The summed E-state index contributed by atoms with van der Waals surface area (Å²) in [5.74, 6) is 0.770. The summed E-state index contributed by atoms with van der Waals surface area (Å²) in [4.78, 5) is 20.6. The van der Waals surface area contributed by atoms with E-state index in [9.17, 15) is 10.1 Å². The van der Waals surface area contributed by atoms with Gasteiger partial charge in [-0.05, 0) is 20.8 Å². The fraction of sp³-hybridized carbons (Fsp3) is 0.600. The summed E-state index contributed by atoms with van der Waals surface area (Å²) in [5.41, 5.74) is 0.340. The van der Waals surface area contributed by atoms with E-state index in [-0.39, 0.29) is 5.69 Å². The number of nitrogens with zero attached hydrogens (tertiary/aromatic N) is 4. The Morgan fingerprint density at radius 1 is 1.41 bits per heavy atom. The van der Waals surface area contributed by atoms with Gasteiger partial charge in [-0.2, -0.15) is 4.98 Å². The molecule has 17 heavy (non-hydrogen) atoms. The van der Waals surface area contributed by atoms with Crippen LogP contribution in [-0.4, -0.2) is 35.0 Å². The molecule has 0 aliphatic heterocycles. The average molecular weight is 239 g/mol. The lowest BCUT2D eigenvalue weighted by Gasteiger charge is -2.17. The van der Waals surface area contributed by atoms with Crippen LogP contribution in [0.3, 0.4) is 0 Å². The summed E-state index contributed by atoms with van der Waals surface area (Å²) >= 11 is 0. The fourth-order valence-electron chi connectivity index (χ4n) is 1.42. The zero-order valence-electron chi connectivity index (χ0n) is 10.5. The van der Waals surface area contributed by atoms with Crippen LogP contribution in [0.1, 0.15) is 19.5 Å². The van der Waals surface area contributed by atoms with Gasteiger partial charge in [0.05, 0.1) is 4.92 Å². The standard InChI is InChI=1S/C10H17N5O2/c1-5-11-10-12-7(3)8(15(16)17)9(13-10)14(4)6-2/h5-6H2,1-4H3,(H,11,12,13). The Balaban J connectivity index is 3.33. The molecular weight excluding hydrogens is 222 g/mol. The van der Waals surface area contributed by atoms with Crippen LogP contribution in [-0.2, 0) is 0 Å². The largest absolute Gasteiger partial charge is 0.354 e. The minimum atomic E-state index is -0.438. The number of rotatable bonds is 5. The molecule has 0 spiro atoms. The van der Waals surface area contributed by atoms with Crippen LogP contribution in [0.25, 0.3) is 0 Å². The van der Waals surface area contributed by atoms with Crippen LogP contribution in [0.15, 0.2) is 0 Å². The van der Waals surface area contributed by atoms with Crippen molar-refractivity contribution < 1.29 is 4.92 Å². The lowest BCUT2D eigenvalue weighted by atomic mass is 10.3. The molecule has 0 unspecified atom stereocenters. The molecule has 1 rings (SSSR count). The van der Waals surface area contributed by atoms with E-state index < -0.39 is 4.92 Å². The van der Waals surface area contributed by atoms with Gasteiger partial charge in [0, 0.05) is 20.1 Å². The first-order chi connectivity index (χ1) is 8.01. The van der Waals surface area contributed by atoms with E-state index in [1.54, 1.807) is 18.9 Å². The minimum Gasteiger partial charge on any atom is -0.354 e. The molecule has 0 saturated heterocycles. The Kier molecular flexibility index (Phi) is 4.19. The van der Waals surface area contributed by atoms with Crippen molar-refractivity contribution in [3.63, 3.8) is 0 Å². The van der Waals surface area contributed by atoms with Gasteiger partial charge in [0.1, 0.15) is 5.69 Å². The van der Waals surface area contributed by atoms with E-state index in [2.05, 4.69) is 15.3 Å². The van der Waals surface area contributed by atoms with Gasteiger partial charge in [-0.3, -0.25) is 10.1 Å². The average Bonchev–Trinajstić information content (AvgIpc) is 2.27. The van der Waals surface area contributed by atoms with Gasteiger partial charge in [0.2, 0.25) is 11.8 Å². The number of nitrogens with one attached hydrogen (secondary N) is 1. The van der Waals surface area contributed by atoms with Crippen molar-refractivity contribution in [1.29, 1.82) is 0 Å². The molecule has 94 valence electrons. The van der Waals surface area contributed by atoms with Crippen molar-refractivity contribution in [3.8, 4) is 0 Å². The lowest BCUT2D eigenvalue weighted by Crippen LogP contribution is -2.20. The molecule has 7 heteroatoms. The Labute approximate surface area is 100 Å². The van der Waals surface area contributed by atoms with Gasteiger partial charge in [0.15, 0.2) is 0 Å². The first-order valence-corrected chi connectivity index (χ1v) is 5.49. The summed E-state index contributed by atoms with van der Waals surface area (Å²) in [6.07, 6.45) is 0. The van der Waals surface area contributed by atoms with Crippen LogP contribution in [0, 0.1) is 17.0 Å². The number of anilines is 2. The highest BCUT2D eigenvalue weighted by molar-refractivity contribution is 5.62. The molecule has 0 aliphatic rings. The van der Waals surface area contributed by atoms with Gasteiger partial charge >= 0.3 is 5.69 Å². The smallest absolute Gasteiger partial charge is 0.332 e. The maximum absolute atomic E-state index is 11.0. The second-order valence-electron chi connectivity index (χ2n) is 3.61. The summed E-state index contributed by atoms with van der Waals surface area (Å²) in [7, 11) is 1.77. The van der Waals surface area contributed by atoms with Crippen molar-refractivity contribution in [2.45, 2.75) is 20.8 Å². The van der Waals surface area contributed by atoms with Crippen LogP contribution in [0.2, 0.25) is 0 Å². The number of hydrogen-bond donors (Lipinski definition) is 1. The van der Waals surface area contributed by atoms with Crippen molar-refractivity contribution in [3.05, 3.63) is 15.8 Å². The monoisotopic (exact) mass is 239 g/mol. The number of aryl methyl sites for hydroxylation is 1. The van der Waals surface area contributed by atoms with E-state index in [4.69, 9.17) is 0 Å². The molecule has 1 aromatic rings. The number of nitro groups is 1. The van der Waals surface area contributed by atoms with Crippen molar-refractivity contribution in [1.82, 2.24) is 9.97 Å². The highest BCUT2D eigenvalue weighted by atomic mass is 16.6. The quantitative estimate of drug-likeness (QED) is 0.620. The highest BCUT2D eigenvalue weighted by Crippen LogP contribution is 2.28. The molecule has 0 radical (unpaired) electrons. The normalized spacial score (nSPS) is 10.1. The lowest BCUT2D eigenvalue weighted by molar-refractivity contribution is -0.385. The molecule has 0 bridgehead atoms. The Morgan fingerprint density at radius 2 is 2.06 bits per heavy atom. The Bertz CT molecular complexity index is 421. The van der Waals surface area contributed by atoms with E-state index in [1.165, 1.54) is 0 Å². The highest BCUT2D eigenvalue weighted by Gasteiger charge is 2.23. The zero-order valence-corrected chi connectivity index (χ0v) is 10.5. The van der Waals surface area contributed by atoms with Crippen molar-refractivity contribution >= 4 is 17.5 Å². The second kappa shape index (κ2) is 5.42. The molecule has 7 nitrogen and oxygen atoms in total. The Morgan fingerprint density at radius 3 is 2.53 bits per heavy atom. The van der Waals surface area contributed by atoms with Gasteiger partial charge < -0.3 is 10.2 Å². The first kappa shape index (κ1) is 13.1. The second-order valence-corrected chi connectivity index (χ2v) is 3.61. The van der Waals surface area contributed by atoms with E-state index >= 15 is 0 Å².